The molecule has 0 radical (unpaired) electrons. The van der Waals surface area contributed by atoms with E-state index >= 15 is 0 Å². The predicted molar refractivity (Wildman–Crippen MR) is 67.5 cm³/mol. The van der Waals surface area contributed by atoms with Gasteiger partial charge in [0.25, 0.3) is 0 Å². The van der Waals surface area contributed by atoms with E-state index in [1.165, 1.54) is 12.3 Å². The summed E-state index contributed by atoms with van der Waals surface area (Å²) >= 11 is 1.59. The van der Waals surface area contributed by atoms with Crippen molar-refractivity contribution in [2.45, 2.75) is 5.37 Å². The number of thioether (sulfide) groups is 1. The van der Waals surface area contributed by atoms with Crippen molar-refractivity contribution >= 4 is 27.4 Å². The van der Waals surface area contributed by atoms with Crippen LogP contribution in [0.3, 0.4) is 0 Å². The molecule has 1 aromatic heterocycles. The highest BCUT2D eigenvalue weighted by Gasteiger charge is 2.31. The van der Waals surface area contributed by atoms with E-state index in [9.17, 15) is 12.8 Å². The highest BCUT2D eigenvalue weighted by atomic mass is 32.2. The molecule has 1 atom stereocenters. The number of pyridine rings is 1. The Morgan fingerprint density at radius 3 is 2.94 bits per heavy atom. The number of hydrogen-bond donors (Lipinski definition) is 0. The Hall–Kier alpha value is -0.820. The number of anilines is 1. The summed E-state index contributed by atoms with van der Waals surface area (Å²) in [7, 11) is -3.19. The number of aromatic nitrogens is 1. The first kappa shape index (κ1) is 12.6. The van der Waals surface area contributed by atoms with Crippen molar-refractivity contribution < 1.29 is 12.8 Å². The van der Waals surface area contributed by atoms with Crippen molar-refractivity contribution in [3.63, 3.8) is 0 Å². The lowest BCUT2D eigenvalue weighted by atomic mass is 10.4. The van der Waals surface area contributed by atoms with Gasteiger partial charge in [-0.2, -0.15) is 16.2 Å². The SMILES string of the molecule is CS(=O)(=O)C1CSCCN1c1cccc(F)n1. The third-order valence-corrected chi connectivity index (χ3v) is 5.22. The summed E-state index contributed by atoms with van der Waals surface area (Å²) in [5.41, 5.74) is 0. The molecule has 0 spiro atoms. The highest BCUT2D eigenvalue weighted by molar-refractivity contribution is 8.01. The molecular weight excluding hydrogens is 263 g/mol. The van der Waals surface area contributed by atoms with E-state index in [2.05, 4.69) is 4.98 Å². The van der Waals surface area contributed by atoms with Crippen LogP contribution >= 0.6 is 11.8 Å². The summed E-state index contributed by atoms with van der Waals surface area (Å²) in [6.45, 7) is 0.568. The Morgan fingerprint density at radius 1 is 1.53 bits per heavy atom. The zero-order valence-corrected chi connectivity index (χ0v) is 11.0. The number of nitrogens with zero attached hydrogens (tertiary/aromatic N) is 2. The van der Waals surface area contributed by atoms with E-state index in [1.54, 1.807) is 28.8 Å². The maximum atomic E-state index is 13.1. The lowest BCUT2D eigenvalue weighted by molar-refractivity contribution is 0.570. The second kappa shape index (κ2) is 4.81. The van der Waals surface area contributed by atoms with E-state index in [-0.39, 0.29) is 0 Å². The molecule has 7 heteroatoms. The predicted octanol–water partition coefficient (Wildman–Crippen LogP) is 1.14. The van der Waals surface area contributed by atoms with Crippen LogP contribution in [0.2, 0.25) is 0 Å². The zero-order valence-electron chi connectivity index (χ0n) is 9.34. The molecule has 2 heterocycles. The van der Waals surface area contributed by atoms with E-state index in [4.69, 9.17) is 0 Å². The van der Waals surface area contributed by atoms with Crippen molar-refractivity contribution in [2.24, 2.45) is 0 Å². The summed E-state index contributed by atoms with van der Waals surface area (Å²) in [5, 5.41) is -0.615. The first-order valence-corrected chi connectivity index (χ1v) is 8.25. The molecule has 0 amide bonds. The molecule has 1 aliphatic heterocycles. The van der Waals surface area contributed by atoms with Crippen molar-refractivity contribution in [1.82, 2.24) is 4.98 Å². The monoisotopic (exact) mass is 276 g/mol. The molecule has 17 heavy (non-hydrogen) atoms. The van der Waals surface area contributed by atoms with Crippen LogP contribution in [0.1, 0.15) is 0 Å². The molecule has 0 saturated carbocycles. The molecule has 0 aliphatic carbocycles. The summed E-state index contributed by atoms with van der Waals surface area (Å²) in [5.74, 6) is 1.12. The molecule has 1 aliphatic rings. The molecule has 94 valence electrons. The van der Waals surface area contributed by atoms with Gasteiger partial charge in [0.15, 0.2) is 9.84 Å². The third-order valence-electron chi connectivity index (χ3n) is 2.57. The molecule has 1 fully saturated rings. The van der Waals surface area contributed by atoms with E-state index in [0.717, 1.165) is 5.75 Å². The average molecular weight is 276 g/mol. The van der Waals surface area contributed by atoms with Crippen molar-refractivity contribution in [2.75, 3.05) is 29.2 Å². The second-order valence-corrected chi connectivity index (χ2v) is 7.22. The summed E-state index contributed by atoms with van der Waals surface area (Å²) < 4.78 is 36.4. The summed E-state index contributed by atoms with van der Waals surface area (Å²) in [6.07, 6.45) is 1.20. The molecule has 0 bridgehead atoms. The minimum absolute atomic E-state index is 0.390. The molecule has 0 aromatic carbocycles. The fraction of sp³-hybridized carbons (Fsp3) is 0.500. The Labute approximate surface area is 104 Å². The van der Waals surface area contributed by atoms with Crippen LogP contribution in [0.15, 0.2) is 18.2 Å². The average Bonchev–Trinajstić information content (AvgIpc) is 2.28. The second-order valence-electron chi connectivity index (χ2n) is 3.87. The fourth-order valence-corrected chi connectivity index (χ4v) is 4.58. The van der Waals surface area contributed by atoms with Gasteiger partial charge in [-0.15, -0.1) is 0 Å². The minimum Gasteiger partial charge on any atom is -0.338 e. The van der Waals surface area contributed by atoms with Crippen LogP contribution in [-0.4, -0.2) is 43.1 Å². The lowest BCUT2D eigenvalue weighted by Crippen LogP contribution is -2.47. The van der Waals surface area contributed by atoms with E-state index in [0.29, 0.717) is 18.1 Å². The molecule has 0 N–H and O–H groups in total. The van der Waals surface area contributed by atoms with Gasteiger partial charge in [0.05, 0.1) is 0 Å². The first-order chi connectivity index (χ1) is 7.98. The van der Waals surface area contributed by atoms with Gasteiger partial charge in [-0.3, -0.25) is 0 Å². The highest BCUT2D eigenvalue weighted by Crippen LogP contribution is 2.25. The maximum Gasteiger partial charge on any atom is 0.214 e. The minimum atomic E-state index is -3.19. The Morgan fingerprint density at radius 2 is 2.29 bits per heavy atom. The van der Waals surface area contributed by atoms with Gasteiger partial charge in [0.1, 0.15) is 11.2 Å². The Balaban J connectivity index is 2.34. The molecular formula is C10H13FN2O2S2. The van der Waals surface area contributed by atoms with Crippen molar-refractivity contribution in [3.8, 4) is 0 Å². The molecule has 1 saturated heterocycles. The summed E-state index contributed by atoms with van der Waals surface area (Å²) in [6, 6.07) is 4.42. The molecule has 1 aromatic rings. The summed E-state index contributed by atoms with van der Waals surface area (Å²) in [4.78, 5) is 5.41. The van der Waals surface area contributed by atoms with Gasteiger partial charge >= 0.3 is 0 Å². The van der Waals surface area contributed by atoms with Crippen molar-refractivity contribution in [3.05, 3.63) is 24.1 Å². The largest absolute Gasteiger partial charge is 0.338 e. The van der Waals surface area contributed by atoms with Crippen LogP contribution < -0.4 is 4.90 Å². The molecule has 2 rings (SSSR count). The van der Waals surface area contributed by atoms with Gasteiger partial charge in [-0.25, -0.2) is 13.4 Å². The van der Waals surface area contributed by atoms with Crippen LogP contribution in [0.5, 0.6) is 0 Å². The van der Waals surface area contributed by atoms with Crippen LogP contribution in [0.25, 0.3) is 0 Å². The fourth-order valence-electron chi connectivity index (χ4n) is 1.76. The molecule has 1 unspecified atom stereocenters. The lowest BCUT2D eigenvalue weighted by Gasteiger charge is -2.34. The number of sulfone groups is 1. The van der Waals surface area contributed by atoms with Crippen LogP contribution in [0, 0.1) is 5.95 Å². The zero-order chi connectivity index (χ0) is 12.5. The van der Waals surface area contributed by atoms with Gasteiger partial charge in [0.2, 0.25) is 5.95 Å². The number of halogens is 1. The topological polar surface area (TPSA) is 50.3 Å². The maximum absolute atomic E-state index is 13.1. The third kappa shape index (κ3) is 2.90. The van der Waals surface area contributed by atoms with E-state index < -0.39 is 21.2 Å². The Bertz CT molecular complexity index is 507. The molecule has 4 nitrogen and oxygen atoms in total. The smallest absolute Gasteiger partial charge is 0.214 e. The normalized spacial score (nSPS) is 21.5. The van der Waals surface area contributed by atoms with Gasteiger partial charge in [0, 0.05) is 24.3 Å². The quantitative estimate of drug-likeness (QED) is 0.758. The Kier molecular flexibility index (Phi) is 3.58. The van der Waals surface area contributed by atoms with E-state index in [1.807, 2.05) is 0 Å². The number of rotatable bonds is 2. The standard InChI is InChI=1S/C10H13FN2O2S2/c1-17(14,15)10-7-16-6-5-13(10)9-4-2-3-8(11)12-9/h2-4,10H,5-7H2,1H3. The van der Waals surface area contributed by atoms with Crippen LogP contribution in [0.4, 0.5) is 10.2 Å². The van der Waals surface area contributed by atoms with Crippen molar-refractivity contribution in [1.29, 1.82) is 0 Å². The van der Waals surface area contributed by atoms with Gasteiger partial charge in [-0.1, -0.05) is 6.07 Å². The van der Waals surface area contributed by atoms with Gasteiger partial charge < -0.3 is 4.90 Å². The van der Waals surface area contributed by atoms with Gasteiger partial charge in [-0.05, 0) is 12.1 Å². The first-order valence-electron chi connectivity index (χ1n) is 5.14. The number of hydrogen-bond acceptors (Lipinski definition) is 5. The van der Waals surface area contributed by atoms with Crippen LogP contribution in [-0.2, 0) is 9.84 Å².